The summed E-state index contributed by atoms with van der Waals surface area (Å²) < 4.78 is 1.72. The Labute approximate surface area is 114 Å². The number of rotatable bonds is 1. The second-order valence-corrected chi connectivity index (χ2v) is 4.80. The number of aromatic hydroxyl groups is 2. The Morgan fingerprint density at radius 3 is 2.75 bits per heavy atom. The van der Waals surface area contributed by atoms with Gasteiger partial charge in [0.1, 0.15) is 16.8 Å². The van der Waals surface area contributed by atoms with Crippen LogP contribution >= 0.6 is 0 Å². The third-order valence-electron chi connectivity index (χ3n) is 3.48. The highest BCUT2D eigenvalue weighted by Gasteiger charge is 2.18. The van der Waals surface area contributed by atoms with E-state index in [-0.39, 0.29) is 22.3 Å². The van der Waals surface area contributed by atoms with Crippen LogP contribution in [0.2, 0.25) is 0 Å². The number of nitrogens with zero attached hydrogens (tertiary/aromatic N) is 2. The molecule has 20 heavy (non-hydrogen) atoms. The summed E-state index contributed by atoms with van der Waals surface area (Å²) in [7, 11) is 0. The van der Waals surface area contributed by atoms with Crippen molar-refractivity contribution in [3.8, 4) is 11.5 Å². The quantitative estimate of drug-likeness (QED) is 0.525. The van der Waals surface area contributed by atoms with E-state index < -0.39 is 0 Å². The summed E-state index contributed by atoms with van der Waals surface area (Å²) in [5.74, 6) is -0.204. The van der Waals surface area contributed by atoms with Crippen molar-refractivity contribution in [2.75, 3.05) is 0 Å². The van der Waals surface area contributed by atoms with Crippen LogP contribution in [0.15, 0.2) is 29.3 Å². The number of fused-ring (bicyclic) bond motifs is 2. The Morgan fingerprint density at radius 2 is 2.05 bits per heavy atom. The number of hydrogen-bond acceptors (Lipinski definition) is 4. The van der Waals surface area contributed by atoms with E-state index in [4.69, 9.17) is 0 Å². The van der Waals surface area contributed by atoms with Gasteiger partial charge in [0.2, 0.25) is 0 Å². The van der Waals surface area contributed by atoms with Gasteiger partial charge in [-0.15, -0.1) is 0 Å². The lowest BCUT2D eigenvalue weighted by Crippen LogP contribution is -2.08. The van der Waals surface area contributed by atoms with Gasteiger partial charge in [-0.2, -0.15) is 0 Å². The van der Waals surface area contributed by atoms with E-state index in [1.807, 2.05) is 13.8 Å². The first-order chi connectivity index (χ1) is 9.54. The molecular formula is C15H14N2O3. The lowest BCUT2D eigenvalue weighted by atomic mass is 10.1. The molecule has 3 rings (SSSR count). The zero-order chi connectivity index (χ0) is 14.4. The maximum atomic E-state index is 12.0. The van der Waals surface area contributed by atoms with Crippen molar-refractivity contribution < 1.29 is 10.2 Å². The highest BCUT2D eigenvalue weighted by Crippen LogP contribution is 2.38. The third kappa shape index (κ3) is 1.56. The van der Waals surface area contributed by atoms with Crippen molar-refractivity contribution in [3.63, 3.8) is 0 Å². The zero-order valence-electron chi connectivity index (χ0n) is 11.2. The summed E-state index contributed by atoms with van der Waals surface area (Å²) in [6, 6.07) is 3.10. The molecule has 0 bridgehead atoms. The smallest absolute Gasteiger partial charge is 0.193 e. The molecule has 0 aliphatic heterocycles. The first-order valence-corrected chi connectivity index (χ1v) is 6.38. The number of benzene rings is 1. The van der Waals surface area contributed by atoms with E-state index in [2.05, 4.69) is 4.98 Å². The van der Waals surface area contributed by atoms with Crippen LogP contribution in [0.5, 0.6) is 11.5 Å². The van der Waals surface area contributed by atoms with Gasteiger partial charge in [0.15, 0.2) is 11.2 Å². The van der Waals surface area contributed by atoms with Gasteiger partial charge in [-0.3, -0.25) is 9.78 Å². The minimum absolute atomic E-state index is 0.0765. The summed E-state index contributed by atoms with van der Waals surface area (Å²) in [5.41, 5.74) is 1.15. The van der Waals surface area contributed by atoms with Crippen molar-refractivity contribution in [2.45, 2.75) is 20.4 Å². The molecule has 5 nitrogen and oxygen atoms in total. The summed E-state index contributed by atoms with van der Waals surface area (Å²) in [5, 5.41) is 21.3. The van der Waals surface area contributed by atoms with Crippen LogP contribution in [-0.2, 0) is 6.54 Å². The minimum atomic E-state index is -0.319. The van der Waals surface area contributed by atoms with Gasteiger partial charge in [0, 0.05) is 30.4 Å². The van der Waals surface area contributed by atoms with Crippen LogP contribution in [0.1, 0.15) is 12.5 Å². The molecule has 5 heteroatoms. The van der Waals surface area contributed by atoms with Crippen molar-refractivity contribution in [1.82, 2.24) is 9.55 Å². The molecule has 0 aliphatic rings. The summed E-state index contributed by atoms with van der Waals surface area (Å²) in [6.07, 6.45) is 3.22. The summed E-state index contributed by atoms with van der Waals surface area (Å²) >= 11 is 0. The number of pyridine rings is 2. The van der Waals surface area contributed by atoms with Gasteiger partial charge in [-0.1, -0.05) is 0 Å². The van der Waals surface area contributed by atoms with Crippen LogP contribution in [0.4, 0.5) is 0 Å². The van der Waals surface area contributed by atoms with Gasteiger partial charge in [-0.05, 0) is 25.5 Å². The number of hydrogen-bond donors (Lipinski definition) is 2. The molecule has 102 valence electrons. The van der Waals surface area contributed by atoms with Crippen LogP contribution in [0.25, 0.3) is 21.8 Å². The molecule has 0 aliphatic carbocycles. The molecular weight excluding hydrogens is 256 g/mol. The number of aryl methyl sites for hydroxylation is 2. The van der Waals surface area contributed by atoms with Crippen LogP contribution < -0.4 is 5.43 Å². The van der Waals surface area contributed by atoms with Gasteiger partial charge in [0.05, 0.1) is 5.39 Å². The fourth-order valence-electron chi connectivity index (χ4n) is 2.51. The van der Waals surface area contributed by atoms with Gasteiger partial charge < -0.3 is 14.8 Å². The second kappa shape index (κ2) is 4.23. The van der Waals surface area contributed by atoms with Crippen molar-refractivity contribution in [2.24, 2.45) is 0 Å². The first kappa shape index (κ1) is 12.5. The molecule has 0 spiro atoms. The fraction of sp³-hybridized carbons (Fsp3) is 0.200. The maximum Gasteiger partial charge on any atom is 0.193 e. The third-order valence-corrected chi connectivity index (χ3v) is 3.48. The monoisotopic (exact) mass is 270 g/mol. The Kier molecular flexibility index (Phi) is 2.64. The first-order valence-electron chi connectivity index (χ1n) is 6.38. The number of phenolic OH excluding ortho intramolecular Hbond substituents is 2. The van der Waals surface area contributed by atoms with Crippen LogP contribution in [0.3, 0.4) is 0 Å². The van der Waals surface area contributed by atoms with Gasteiger partial charge in [0.25, 0.3) is 0 Å². The van der Waals surface area contributed by atoms with Crippen molar-refractivity contribution in [3.05, 3.63) is 40.3 Å². The topological polar surface area (TPSA) is 75.4 Å². The standard InChI is InChI=1S/C15H14N2O3/c1-3-17-5-4-10(18)11-13(17)15(20)12-9(14(11)19)6-8(2)7-16-12/h4-7,19-20H,3H2,1-2H3. The van der Waals surface area contributed by atoms with Gasteiger partial charge >= 0.3 is 0 Å². The molecule has 1 aromatic carbocycles. The molecule has 0 radical (unpaired) electrons. The summed E-state index contributed by atoms with van der Waals surface area (Å²) in [6.45, 7) is 4.30. The Balaban J connectivity index is 2.69. The predicted molar refractivity (Wildman–Crippen MR) is 77.2 cm³/mol. The highest BCUT2D eigenvalue weighted by molar-refractivity contribution is 6.07. The average Bonchev–Trinajstić information content (AvgIpc) is 2.44. The normalized spacial score (nSPS) is 11.3. The largest absolute Gasteiger partial charge is 0.506 e. The second-order valence-electron chi connectivity index (χ2n) is 4.80. The Morgan fingerprint density at radius 1 is 1.30 bits per heavy atom. The van der Waals surface area contributed by atoms with Crippen LogP contribution in [0, 0.1) is 6.92 Å². The van der Waals surface area contributed by atoms with E-state index >= 15 is 0 Å². The lowest BCUT2D eigenvalue weighted by Gasteiger charge is -2.13. The molecule has 0 saturated carbocycles. The fourth-order valence-corrected chi connectivity index (χ4v) is 2.51. The van der Waals surface area contributed by atoms with E-state index in [0.29, 0.717) is 23.0 Å². The predicted octanol–water partition coefficient (Wildman–Crippen LogP) is 2.29. The molecule has 0 amide bonds. The zero-order valence-corrected chi connectivity index (χ0v) is 11.2. The molecule has 0 unspecified atom stereocenters. The molecule has 3 aromatic rings. The van der Waals surface area contributed by atoms with Gasteiger partial charge in [-0.25, -0.2) is 0 Å². The maximum absolute atomic E-state index is 12.0. The Bertz CT molecular complexity index is 897. The number of aromatic nitrogens is 2. The minimum Gasteiger partial charge on any atom is -0.506 e. The average molecular weight is 270 g/mol. The van der Waals surface area contributed by atoms with Crippen molar-refractivity contribution in [1.29, 1.82) is 0 Å². The lowest BCUT2D eigenvalue weighted by molar-refractivity contribution is 0.474. The van der Waals surface area contributed by atoms with E-state index in [1.54, 1.807) is 23.0 Å². The molecule has 0 fully saturated rings. The molecule has 2 N–H and O–H groups in total. The van der Waals surface area contributed by atoms with E-state index in [0.717, 1.165) is 5.56 Å². The number of phenols is 2. The highest BCUT2D eigenvalue weighted by atomic mass is 16.3. The summed E-state index contributed by atoms with van der Waals surface area (Å²) in [4.78, 5) is 16.2. The Hall–Kier alpha value is -2.56. The molecule has 0 saturated heterocycles. The SMILES string of the molecule is CCn1ccc(=O)c2c(O)c3cc(C)cnc3c(O)c21. The van der Waals surface area contributed by atoms with Crippen LogP contribution in [-0.4, -0.2) is 19.8 Å². The van der Waals surface area contributed by atoms with Crippen molar-refractivity contribution >= 4 is 21.8 Å². The molecule has 2 aromatic heterocycles. The molecule has 0 atom stereocenters. The van der Waals surface area contributed by atoms with E-state index in [9.17, 15) is 15.0 Å². The van der Waals surface area contributed by atoms with E-state index in [1.165, 1.54) is 6.07 Å². The molecule has 2 heterocycles.